The van der Waals surface area contributed by atoms with E-state index in [1.54, 1.807) is 0 Å². The summed E-state index contributed by atoms with van der Waals surface area (Å²) >= 11 is 11.4. The lowest BCUT2D eigenvalue weighted by Gasteiger charge is -2.04. The van der Waals surface area contributed by atoms with Gasteiger partial charge in [0.05, 0.1) is 10.6 Å². The van der Waals surface area contributed by atoms with Crippen molar-refractivity contribution in [3.8, 4) is 0 Å². The summed E-state index contributed by atoms with van der Waals surface area (Å²) in [7, 11) is 0. The Morgan fingerprint density at radius 1 is 1.33 bits per heavy atom. The highest BCUT2D eigenvalue weighted by Crippen LogP contribution is 2.20. The Hall–Kier alpha value is -1.72. The van der Waals surface area contributed by atoms with E-state index in [0.717, 1.165) is 0 Å². The lowest BCUT2D eigenvalue weighted by Crippen LogP contribution is -2.13. The number of anilines is 1. The third kappa shape index (κ3) is 2.94. The number of carbonyl (C=O) groups is 1. The molecule has 0 fully saturated rings. The SMILES string of the molecule is O=C(Nc1cccc(F)n1)c1cnc(Cl)c(Cl)c1. The fourth-order valence-electron chi connectivity index (χ4n) is 1.21. The molecule has 2 aromatic heterocycles. The smallest absolute Gasteiger partial charge is 0.258 e. The van der Waals surface area contributed by atoms with Crippen molar-refractivity contribution in [2.45, 2.75) is 0 Å². The van der Waals surface area contributed by atoms with Crippen LogP contribution in [0.3, 0.4) is 0 Å². The second-order valence-electron chi connectivity index (χ2n) is 3.30. The van der Waals surface area contributed by atoms with Crippen LogP contribution in [-0.2, 0) is 0 Å². The normalized spacial score (nSPS) is 10.2. The molecule has 0 saturated heterocycles. The molecule has 0 atom stereocenters. The third-order valence-corrected chi connectivity index (χ3v) is 2.70. The van der Waals surface area contributed by atoms with Gasteiger partial charge in [0.1, 0.15) is 11.0 Å². The van der Waals surface area contributed by atoms with Crippen molar-refractivity contribution in [3.05, 3.63) is 52.1 Å². The van der Waals surface area contributed by atoms with Gasteiger partial charge in [0, 0.05) is 6.20 Å². The summed E-state index contributed by atoms with van der Waals surface area (Å²) in [5, 5.41) is 2.69. The summed E-state index contributed by atoms with van der Waals surface area (Å²) in [6.07, 6.45) is 1.27. The van der Waals surface area contributed by atoms with Crippen molar-refractivity contribution >= 4 is 34.9 Å². The number of nitrogens with zero attached hydrogens (tertiary/aromatic N) is 2. The summed E-state index contributed by atoms with van der Waals surface area (Å²) in [4.78, 5) is 19.0. The maximum absolute atomic E-state index is 12.8. The summed E-state index contributed by atoms with van der Waals surface area (Å²) in [5.41, 5.74) is 0.204. The Balaban J connectivity index is 2.19. The monoisotopic (exact) mass is 285 g/mol. The molecule has 0 bridgehead atoms. The predicted molar refractivity (Wildman–Crippen MR) is 66.4 cm³/mol. The van der Waals surface area contributed by atoms with Crippen molar-refractivity contribution < 1.29 is 9.18 Å². The maximum atomic E-state index is 12.8. The van der Waals surface area contributed by atoms with E-state index in [2.05, 4.69) is 15.3 Å². The maximum Gasteiger partial charge on any atom is 0.258 e. The Morgan fingerprint density at radius 2 is 2.11 bits per heavy atom. The molecule has 0 aliphatic rings. The molecular formula is C11H6Cl2FN3O. The first kappa shape index (κ1) is 12.7. The van der Waals surface area contributed by atoms with Crippen molar-refractivity contribution in [1.29, 1.82) is 0 Å². The number of hydrogen-bond acceptors (Lipinski definition) is 3. The van der Waals surface area contributed by atoms with Crippen LogP contribution in [0.2, 0.25) is 10.2 Å². The average molecular weight is 286 g/mol. The fraction of sp³-hybridized carbons (Fsp3) is 0. The highest BCUT2D eigenvalue weighted by molar-refractivity contribution is 6.41. The lowest BCUT2D eigenvalue weighted by atomic mass is 10.2. The zero-order chi connectivity index (χ0) is 13.1. The topological polar surface area (TPSA) is 54.9 Å². The minimum Gasteiger partial charge on any atom is -0.306 e. The summed E-state index contributed by atoms with van der Waals surface area (Å²) in [6.45, 7) is 0. The zero-order valence-electron chi connectivity index (χ0n) is 8.82. The van der Waals surface area contributed by atoms with Gasteiger partial charge in [0.15, 0.2) is 0 Å². The number of hydrogen-bond donors (Lipinski definition) is 1. The summed E-state index contributed by atoms with van der Waals surface area (Å²) in [5.74, 6) is -1.08. The van der Waals surface area contributed by atoms with E-state index in [0.29, 0.717) is 0 Å². The molecule has 0 aliphatic carbocycles. The standard InChI is InChI=1S/C11H6Cl2FN3O/c12-7-4-6(5-15-10(7)13)11(18)17-9-3-1-2-8(14)16-9/h1-5H,(H,16,17,18). The molecule has 4 nitrogen and oxygen atoms in total. The fourth-order valence-corrected chi connectivity index (χ4v) is 1.48. The minimum atomic E-state index is -0.680. The van der Waals surface area contributed by atoms with Gasteiger partial charge in [0.25, 0.3) is 5.91 Å². The second kappa shape index (κ2) is 5.29. The van der Waals surface area contributed by atoms with Crippen LogP contribution < -0.4 is 5.32 Å². The molecule has 0 spiro atoms. The highest BCUT2D eigenvalue weighted by atomic mass is 35.5. The molecule has 0 saturated carbocycles. The van der Waals surface area contributed by atoms with Crippen LogP contribution in [0.25, 0.3) is 0 Å². The molecular weight excluding hydrogens is 280 g/mol. The molecule has 18 heavy (non-hydrogen) atoms. The van der Waals surface area contributed by atoms with Crippen LogP contribution in [0, 0.1) is 5.95 Å². The first-order valence-corrected chi connectivity index (χ1v) is 5.57. The van der Waals surface area contributed by atoms with Crippen molar-refractivity contribution in [2.75, 3.05) is 5.32 Å². The average Bonchev–Trinajstić information content (AvgIpc) is 2.32. The summed E-state index contributed by atoms with van der Waals surface area (Å²) in [6, 6.07) is 5.44. The molecule has 2 heterocycles. The van der Waals surface area contributed by atoms with Gasteiger partial charge < -0.3 is 5.32 Å². The van der Waals surface area contributed by atoms with Gasteiger partial charge in [0.2, 0.25) is 5.95 Å². The van der Waals surface area contributed by atoms with Crippen LogP contribution in [0.4, 0.5) is 10.2 Å². The summed E-state index contributed by atoms with van der Waals surface area (Å²) < 4.78 is 12.8. The second-order valence-corrected chi connectivity index (χ2v) is 4.06. The molecule has 0 unspecified atom stereocenters. The molecule has 92 valence electrons. The Kier molecular flexibility index (Phi) is 3.74. The van der Waals surface area contributed by atoms with Crippen molar-refractivity contribution in [2.24, 2.45) is 0 Å². The van der Waals surface area contributed by atoms with Gasteiger partial charge in [-0.05, 0) is 18.2 Å². The van der Waals surface area contributed by atoms with E-state index in [4.69, 9.17) is 23.2 Å². The number of rotatable bonds is 2. The molecule has 0 radical (unpaired) electrons. The molecule has 0 aromatic carbocycles. The number of carbonyl (C=O) groups excluding carboxylic acids is 1. The van der Waals surface area contributed by atoms with E-state index < -0.39 is 11.9 Å². The first-order valence-electron chi connectivity index (χ1n) is 4.81. The van der Waals surface area contributed by atoms with Gasteiger partial charge in [-0.1, -0.05) is 29.3 Å². The van der Waals surface area contributed by atoms with Gasteiger partial charge in [-0.3, -0.25) is 4.79 Å². The molecule has 1 amide bonds. The van der Waals surface area contributed by atoms with E-state index in [9.17, 15) is 9.18 Å². The lowest BCUT2D eigenvalue weighted by molar-refractivity contribution is 0.102. The molecule has 0 aliphatic heterocycles. The largest absolute Gasteiger partial charge is 0.306 e. The van der Waals surface area contributed by atoms with Gasteiger partial charge in [-0.2, -0.15) is 4.39 Å². The van der Waals surface area contributed by atoms with Crippen LogP contribution >= 0.6 is 23.2 Å². The molecule has 1 N–H and O–H groups in total. The van der Waals surface area contributed by atoms with Gasteiger partial charge in [-0.25, -0.2) is 9.97 Å². The first-order chi connectivity index (χ1) is 8.56. The highest BCUT2D eigenvalue weighted by Gasteiger charge is 2.10. The van der Waals surface area contributed by atoms with Crippen LogP contribution in [0.1, 0.15) is 10.4 Å². The number of pyridine rings is 2. The number of halogens is 3. The van der Waals surface area contributed by atoms with E-state index in [-0.39, 0.29) is 21.6 Å². The van der Waals surface area contributed by atoms with Crippen LogP contribution in [0.15, 0.2) is 30.5 Å². The number of amides is 1. The quantitative estimate of drug-likeness (QED) is 0.863. The van der Waals surface area contributed by atoms with Gasteiger partial charge in [-0.15, -0.1) is 0 Å². The van der Waals surface area contributed by atoms with E-state index >= 15 is 0 Å². The number of aromatic nitrogens is 2. The van der Waals surface area contributed by atoms with Crippen LogP contribution in [0.5, 0.6) is 0 Å². The molecule has 2 aromatic rings. The van der Waals surface area contributed by atoms with E-state index in [1.807, 2.05) is 0 Å². The Morgan fingerprint density at radius 3 is 2.78 bits per heavy atom. The molecule has 2 rings (SSSR count). The Labute approximate surface area is 112 Å². The van der Waals surface area contributed by atoms with Crippen molar-refractivity contribution in [1.82, 2.24) is 9.97 Å². The van der Waals surface area contributed by atoms with Crippen LogP contribution in [-0.4, -0.2) is 15.9 Å². The molecule has 7 heteroatoms. The zero-order valence-corrected chi connectivity index (χ0v) is 10.3. The predicted octanol–water partition coefficient (Wildman–Crippen LogP) is 3.17. The van der Waals surface area contributed by atoms with Crippen molar-refractivity contribution in [3.63, 3.8) is 0 Å². The minimum absolute atomic E-state index is 0.103. The van der Waals surface area contributed by atoms with Gasteiger partial charge >= 0.3 is 0 Å². The van der Waals surface area contributed by atoms with E-state index in [1.165, 1.54) is 30.5 Å². The Bertz CT molecular complexity index is 607. The third-order valence-electron chi connectivity index (χ3n) is 2.02. The number of nitrogens with one attached hydrogen (secondary N) is 1.